The lowest BCUT2D eigenvalue weighted by Crippen LogP contribution is -1.83. The first-order valence-corrected chi connectivity index (χ1v) is 6.74. The van der Waals surface area contributed by atoms with Crippen molar-refractivity contribution >= 4 is 0 Å². The van der Waals surface area contributed by atoms with E-state index in [2.05, 4.69) is 41.2 Å². The molecule has 0 N–H and O–H groups in total. The molecule has 0 fully saturated rings. The maximum Gasteiger partial charge on any atom is 0.115 e. The van der Waals surface area contributed by atoms with Gasteiger partial charge in [0.1, 0.15) is 6.33 Å². The third kappa shape index (κ3) is 5.09. The summed E-state index contributed by atoms with van der Waals surface area (Å²) in [7, 11) is 0. The minimum absolute atomic E-state index is 1.06. The Hall–Kier alpha value is -1.70. The SMILES string of the molecule is CC.CC.CCc1ccc(-c2cncnc2)cc1. The van der Waals surface area contributed by atoms with Crippen molar-refractivity contribution < 1.29 is 0 Å². The topological polar surface area (TPSA) is 25.8 Å². The average molecular weight is 244 g/mol. The lowest BCUT2D eigenvalue weighted by atomic mass is 10.1. The van der Waals surface area contributed by atoms with Crippen LogP contribution in [-0.4, -0.2) is 9.97 Å². The zero-order valence-corrected chi connectivity index (χ0v) is 12.1. The highest BCUT2D eigenvalue weighted by atomic mass is 14.8. The average Bonchev–Trinajstić information content (AvgIpc) is 2.52. The maximum absolute atomic E-state index is 3.99. The molecule has 1 heterocycles. The highest BCUT2D eigenvalue weighted by molar-refractivity contribution is 5.61. The summed E-state index contributed by atoms with van der Waals surface area (Å²) in [6, 6.07) is 8.50. The van der Waals surface area contributed by atoms with Gasteiger partial charge in [0.2, 0.25) is 0 Å². The van der Waals surface area contributed by atoms with Crippen molar-refractivity contribution in [1.29, 1.82) is 0 Å². The van der Waals surface area contributed by atoms with Crippen molar-refractivity contribution in [3.8, 4) is 11.1 Å². The van der Waals surface area contributed by atoms with Gasteiger partial charge in [-0.1, -0.05) is 58.9 Å². The van der Waals surface area contributed by atoms with Crippen LogP contribution in [0.15, 0.2) is 43.0 Å². The van der Waals surface area contributed by atoms with Crippen molar-refractivity contribution in [2.45, 2.75) is 41.0 Å². The highest BCUT2D eigenvalue weighted by Crippen LogP contribution is 2.17. The van der Waals surface area contributed by atoms with Crippen LogP contribution < -0.4 is 0 Å². The standard InChI is InChI=1S/C12H12N2.2C2H6/c1-2-10-3-5-11(6-4-10)12-7-13-9-14-8-12;2*1-2/h3-9H,2H2,1H3;2*1-2H3. The molecule has 18 heavy (non-hydrogen) atoms. The molecule has 0 atom stereocenters. The van der Waals surface area contributed by atoms with Gasteiger partial charge in [-0.05, 0) is 17.5 Å². The summed E-state index contributed by atoms with van der Waals surface area (Å²) in [5, 5.41) is 0. The van der Waals surface area contributed by atoms with E-state index in [-0.39, 0.29) is 0 Å². The summed E-state index contributed by atoms with van der Waals surface area (Å²) >= 11 is 0. The summed E-state index contributed by atoms with van der Waals surface area (Å²) in [6.45, 7) is 10.2. The van der Waals surface area contributed by atoms with Gasteiger partial charge in [-0.25, -0.2) is 9.97 Å². The van der Waals surface area contributed by atoms with Gasteiger partial charge in [-0.2, -0.15) is 0 Å². The molecular formula is C16H24N2. The van der Waals surface area contributed by atoms with Crippen LogP contribution in [0.25, 0.3) is 11.1 Å². The van der Waals surface area contributed by atoms with Gasteiger partial charge in [0.05, 0.1) is 0 Å². The molecule has 0 saturated carbocycles. The Labute approximate surface area is 111 Å². The van der Waals surface area contributed by atoms with Crippen molar-refractivity contribution in [3.05, 3.63) is 48.5 Å². The van der Waals surface area contributed by atoms with E-state index in [0.29, 0.717) is 0 Å². The van der Waals surface area contributed by atoms with Gasteiger partial charge in [0.25, 0.3) is 0 Å². The number of rotatable bonds is 2. The highest BCUT2D eigenvalue weighted by Gasteiger charge is 1.96. The first kappa shape index (κ1) is 16.3. The van der Waals surface area contributed by atoms with Gasteiger partial charge in [0.15, 0.2) is 0 Å². The van der Waals surface area contributed by atoms with Crippen LogP contribution >= 0.6 is 0 Å². The molecule has 0 amide bonds. The van der Waals surface area contributed by atoms with Crippen LogP contribution in [0.1, 0.15) is 40.2 Å². The number of aromatic nitrogens is 2. The quantitative estimate of drug-likeness (QED) is 0.761. The van der Waals surface area contributed by atoms with Crippen LogP contribution in [0.3, 0.4) is 0 Å². The van der Waals surface area contributed by atoms with E-state index in [1.807, 2.05) is 40.1 Å². The largest absolute Gasteiger partial charge is 0.244 e. The molecule has 0 radical (unpaired) electrons. The van der Waals surface area contributed by atoms with Gasteiger partial charge < -0.3 is 0 Å². The molecule has 1 aromatic carbocycles. The molecule has 2 aromatic rings. The minimum atomic E-state index is 1.06. The van der Waals surface area contributed by atoms with Crippen LogP contribution in [0, 0.1) is 0 Å². The molecular weight excluding hydrogens is 220 g/mol. The second kappa shape index (κ2) is 10.5. The number of hydrogen-bond donors (Lipinski definition) is 0. The maximum atomic E-state index is 3.99. The van der Waals surface area contributed by atoms with E-state index < -0.39 is 0 Å². The second-order valence-electron chi connectivity index (χ2n) is 3.18. The molecule has 0 aliphatic heterocycles. The Morgan fingerprint density at radius 3 is 1.72 bits per heavy atom. The zero-order chi connectivity index (χ0) is 13.8. The predicted octanol–water partition coefficient (Wildman–Crippen LogP) is 4.76. The molecule has 0 aliphatic rings. The van der Waals surface area contributed by atoms with Crippen molar-refractivity contribution in [3.63, 3.8) is 0 Å². The molecule has 0 bridgehead atoms. The summed E-state index contributed by atoms with van der Waals surface area (Å²) in [5.74, 6) is 0. The van der Waals surface area contributed by atoms with E-state index >= 15 is 0 Å². The summed E-state index contributed by atoms with van der Waals surface area (Å²) in [6.07, 6.45) is 6.28. The number of benzene rings is 1. The third-order valence-electron chi connectivity index (χ3n) is 2.26. The van der Waals surface area contributed by atoms with E-state index in [1.54, 1.807) is 6.33 Å². The van der Waals surface area contributed by atoms with Crippen molar-refractivity contribution in [1.82, 2.24) is 9.97 Å². The zero-order valence-electron chi connectivity index (χ0n) is 12.1. The summed E-state index contributed by atoms with van der Waals surface area (Å²) in [4.78, 5) is 7.99. The van der Waals surface area contributed by atoms with Gasteiger partial charge in [-0.3, -0.25) is 0 Å². The number of aryl methyl sites for hydroxylation is 1. The molecule has 2 heteroatoms. The summed E-state index contributed by atoms with van der Waals surface area (Å²) in [5.41, 5.74) is 3.59. The van der Waals surface area contributed by atoms with E-state index in [0.717, 1.165) is 12.0 Å². The fourth-order valence-corrected chi connectivity index (χ4v) is 1.38. The third-order valence-corrected chi connectivity index (χ3v) is 2.26. The van der Waals surface area contributed by atoms with E-state index in [9.17, 15) is 0 Å². The lowest BCUT2D eigenvalue weighted by molar-refractivity contribution is 1.14. The molecule has 0 aliphatic carbocycles. The monoisotopic (exact) mass is 244 g/mol. The Kier molecular flexibility index (Phi) is 9.47. The molecule has 0 spiro atoms. The molecule has 98 valence electrons. The molecule has 0 unspecified atom stereocenters. The van der Waals surface area contributed by atoms with Crippen LogP contribution in [0.5, 0.6) is 0 Å². The fourth-order valence-electron chi connectivity index (χ4n) is 1.38. The second-order valence-corrected chi connectivity index (χ2v) is 3.18. The normalized spacial score (nSPS) is 8.50. The van der Waals surface area contributed by atoms with E-state index in [4.69, 9.17) is 0 Å². The number of nitrogens with zero attached hydrogens (tertiary/aromatic N) is 2. The predicted molar refractivity (Wildman–Crippen MR) is 79.5 cm³/mol. The smallest absolute Gasteiger partial charge is 0.115 e. The molecule has 2 nitrogen and oxygen atoms in total. The number of hydrogen-bond acceptors (Lipinski definition) is 2. The molecule has 1 aromatic heterocycles. The Bertz CT molecular complexity index is 393. The van der Waals surface area contributed by atoms with Gasteiger partial charge >= 0.3 is 0 Å². The van der Waals surface area contributed by atoms with Gasteiger partial charge in [-0.15, -0.1) is 0 Å². The minimum Gasteiger partial charge on any atom is -0.244 e. The van der Waals surface area contributed by atoms with Crippen LogP contribution in [0.2, 0.25) is 0 Å². The summed E-state index contributed by atoms with van der Waals surface area (Å²) < 4.78 is 0. The Morgan fingerprint density at radius 2 is 1.28 bits per heavy atom. The first-order valence-electron chi connectivity index (χ1n) is 6.74. The van der Waals surface area contributed by atoms with Crippen molar-refractivity contribution in [2.24, 2.45) is 0 Å². The Morgan fingerprint density at radius 1 is 0.778 bits per heavy atom. The first-order chi connectivity index (χ1) is 8.90. The van der Waals surface area contributed by atoms with Crippen LogP contribution in [0.4, 0.5) is 0 Å². The fraction of sp³-hybridized carbons (Fsp3) is 0.375. The van der Waals surface area contributed by atoms with E-state index in [1.165, 1.54) is 11.1 Å². The van der Waals surface area contributed by atoms with Gasteiger partial charge in [0, 0.05) is 18.0 Å². The molecule has 0 saturated heterocycles. The van der Waals surface area contributed by atoms with Crippen LogP contribution in [-0.2, 0) is 6.42 Å². The lowest BCUT2D eigenvalue weighted by Gasteiger charge is -2.01. The molecule has 2 rings (SSSR count). The van der Waals surface area contributed by atoms with Crippen molar-refractivity contribution in [2.75, 3.05) is 0 Å². The Balaban J connectivity index is 0.000000659.